The van der Waals surface area contributed by atoms with Gasteiger partial charge in [0.1, 0.15) is 5.75 Å². The maximum absolute atomic E-state index is 12.0. The third-order valence-electron chi connectivity index (χ3n) is 3.33. The van der Waals surface area contributed by atoms with Crippen molar-refractivity contribution < 1.29 is 9.53 Å². The summed E-state index contributed by atoms with van der Waals surface area (Å²) in [6.45, 7) is 4.51. The number of hydrogen-bond acceptors (Lipinski definition) is 3. The molecule has 5 heteroatoms. The van der Waals surface area contributed by atoms with E-state index < -0.39 is 0 Å². The van der Waals surface area contributed by atoms with Crippen molar-refractivity contribution in [2.75, 3.05) is 24.3 Å². The molecule has 0 aliphatic rings. The topological polar surface area (TPSA) is 50.4 Å². The number of hydrogen-bond donors (Lipinski definition) is 2. The molecule has 1 amide bonds. The third-order valence-corrected chi connectivity index (χ3v) is 3.57. The Morgan fingerprint density at radius 2 is 1.83 bits per heavy atom. The molecule has 0 unspecified atom stereocenters. The van der Waals surface area contributed by atoms with Crippen LogP contribution in [0.1, 0.15) is 17.5 Å². The lowest BCUT2D eigenvalue weighted by atomic mass is 10.1. The Labute approximate surface area is 141 Å². The molecule has 0 aromatic heterocycles. The van der Waals surface area contributed by atoms with Crippen LogP contribution in [0, 0.1) is 13.8 Å². The number of nitrogens with one attached hydrogen (secondary N) is 2. The number of carbonyl (C=O) groups excluding carboxylic acids is 1. The summed E-state index contributed by atoms with van der Waals surface area (Å²) >= 11 is 5.98. The van der Waals surface area contributed by atoms with Crippen molar-refractivity contribution in [3.8, 4) is 5.75 Å². The normalized spacial score (nSPS) is 10.3. The first-order valence-corrected chi connectivity index (χ1v) is 7.81. The van der Waals surface area contributed by atoms with Crippen LogP contribution in [0.2, 0.25) is 5.02 Å². The van der Waals surface area contributed by atoms with Gasteiger partial charge in [-0.1, -0.05) is 17.7 Å². The van der Waals surface area contributed by atoms with Crippen LogP contribution >= 0.6 is 11.6 Å². The van der Waals surface area contributed by atoms with Crippen molar-refractivity contribution in [3.63, 3.8) is 0 Å². The van der Waals surface area contributed by atoms with E-state index in [1.807, 2.05) is 26.0 Å². The van der Waals surface area contributed by atoms with E-state index in [0.717, 1.165) is 22.5 Å². The van der Waals surface area contributed by atoms with Crippen molar-refractivity contribution in [2.45, 2.75) is 20.3 Å². The average molecular weight is 333 g/mol. The first-order valence-electron chi connectivity index (χ1n) is 7.43. The Morgan fingerprint density at radius 1 is 1.13 bits per heavy atom. The fourth-order valence-electron chi connectivity index (χ4n) is 2.40. The standard InChI is InChI=1S/C18H21ClN2O2/c1-12-8-13(2)10-15(9-12)21-18(22)6-7-20-16-11-14(19)4-5-17(16)23-3/h4-5,8-11,20H,6-7H2,1-3H3,(H,21,22). The van der Waals surface area contributed by atoms with E-state index in [-0.39, 0.29) is 5.91 Å². The molecule has 0 fully saturated rings. The van der Waals surface area contributed by atoms with Crippen molar-refractivity contribution in [1.82, 2.24) is 0 Å². The van der Waals surface area contributed by atoms with Gasteiger partial charge in [-0.2, -0.15) is 0 Å². The average Bonchev–Trinajstić information content (AvgIpc) is 2.46. The van der Waals surface area contributed by atoms with Gasteiger partial charge in [-0.15, -0.1) is 0 Å². The summed E-state index contributed by atoms with van der Waals surface area (Å²) in [6.07, 6.45) is 0.350. The predicted molar refractivity (Wildman–Crippen MR) is 95.7 cm³/mol. The summed E-state index contributed by atoms with van der Waals surface area (Å²) in [5.41, 5.74) is 3.86. The number of halogens is 1. The quantitative estimate of drug-likeness (QED) is 0.824. The van der Waals surface area contributed by atoms with Gasteiger partial charge in [0.05, 0.1) is 12.8 Å². The third kappa shape index (κ3) is 5.18. The Morgan fingerprint density at radius 3 is 2.48 bits per heavy atom. The molecular weight excluding hydrogens is 312 g/mol. The molecule has 0 heterocycles. The Bertz CT molecular complexity index is 681. The number of anilines is 2. The molecule has 23 heavy (non-hydrogen) atoms. The van der Waals surface area contributed by atoms with E-state index in [1.165, 1.54) is 0 Å². The first-order chi connectivity index (χ1) is 11.0. The fraction of sp³-hybridized carbons (Fsp3) is 0.278. The van der Waals surface area contributed by atoms with Crippen molar-refractivity contribution in [2.24, 2.45) is 0 Å². The second-order valence-corrected chi connectivity index (χ2v) is 5.88. The molecule has 0 saturated carbocycles. The summed E-state index contributed by atoms with van der Waals surface area (Å²) in [6, 6.07) is 11.3. The number of aryl methyl sites for hydroxylation is 2. The highest BCUT2D eigenvalue weighted by Gasteiger charge is 2.06. The summed E-state index contributed by atoms with van der Waals surface area (Å²) in [5, 5.41) is 6.71. The zero-order valence-corrected chi connectivity index (χ0v) is 14.3. The molecule has 0 aliphatic carbocycles. The molecule has 2 aromatic carbocycles. The lowest BCUT2D eigenvalue weighted by Gasteiger charge is -2.12. The first kappa shape index (κ1) is 17.2. The van der Waals surface area contributed by atoms with Gasteiger partial charge >= 0.3 is 0 Å². The number of rotatable bonds is 6. The molecule has 0 aliphatic heterocycles. The van der Waals surface area contributed by atoms with Gasteiger partial charge in [0.2, 0.25) is 5.91 Å². The summed E-state index contributed by atoms with van der Waals surface area (Å²) < 4.78 is 5.26. The monoisotopic (exact) mass is 332 g/mol. The van der Waals surface area contributed by atoms with Crippen LogP contribution in [0.3, 0.4) is 0 Å². The second kappa shape index (κ2) is 7.88. The predicted octanol–water partition coefficient (Wildman–Crippen LogP) is 4.41. The molecule has 4 nitrogen and oxygen atoms in total. The van der Waals surface area contributed by atoms with Gasteiger partial charge in [-0.3, -0.25) is 4.79 Å². The van der Waals surface area contributed by atoms with Gasteiger partial charge < -0.3 is 15.4 Å². The molecule has 0 radical (unpaired) electrons. The second-order valence-electron chi connectivity index (χ2n) is 5.45. The molecule has 0 bridgehead atoms. The van der Waals surface area contributed by atoms with Crippen molar-refractivity contribution in [1.29, 1.82) is 0 Å². The highest BCUT2D eigenvalue weighted by Crippen LogP contribution is 2.27. The van der Waals surface area contributed by atoms with Gasteiger partial charge in [-0.05, 0) is 55.3 Å². The minimum absolute atomic E-state index is 0.0384. The van der Waals surface area contributed by atoms with E-state index in [4.69, 9.17) is 16.3 Å². The molecule has 2 N–H and O–H groups in total. The Hall–Kier alpha value is -2.20. The Kier molecular flexibility index (Phi) is 5.88. The summed E-state index contributed by atoms with van der Waals surface area (Å²) in [4.78, 5) is 12.0. The molecule has 2 rings (SSSR count). The molecule has 122 valence electrons. The van der Waals surface area contributed by atoms with Crippen LogP contribution in [-0.4, -0.2) is 19.6 Å². The molecule has 0 atom stereocenters. The lowest BCUT2D eigenvalue weighted by molar-refractivity contribution is -0.115. The summed E-state index contributed by atoms with van der Waals surface area (Å²) in [5.74, 6) is 0.660. The van der Waals surface area contributed by atoms with E-state index in [2.05, 4.69) is 16.7 Å². The largest absolute Gasteiger partial charge is 0.495 e. The van der Waals surface area contributed by atoms with E-state index in [1.54, 1.807) is 25.3 Å². The van der Waals surface area contributed by atoms with Crippen molar-refractivity contribution >= 4 is 28.9 Å². The van der Waals surface area contributed by atoms with E-state index >= 15 is 0 Å². The Balaban J connectivity index is 1.89. The van der Waals surface area contributed by atoms with Gasteiger partial charge in [0.25, 0.3) is 0 Å². The maximum Gasteiger partial charge on any atom is 0.226 e. The highest BCUT2D eigenvalue weighted by atomic mass is 35.5. The van der Waals surface area contributed by atoms with Crippen LogP contribution < -0.4 is 15.4 Å². The number of ether oxygens (including phenoxy) is 1. The lowest BCUT2D eigenvalue weighted by Crippen LogP contribution is -2.16. The molecule has 2 aromatic rings. The smallest absolute Gasteiger partial charge is 0.226 e. The van der Waals surface area contributed by atoms with Gasteiger partial charge in [0, 0.05) is 23.7 Å². The molecular formula is C18H21ClN2O2. The molecule has 0 spiro atoms. The van der Waals surface area contributed by atoms with Crippen LogP contribution in [-0.2, 0) is 4.79 Å². The molecule has 0 saturated heterocycles. The van der Waals surface area contributed by atoms with Crippen molar-refractivity contribution in [3.05, 3.63) is 52.5 Å². The number of amides is 1. The van der Waals surface area contributed by atoms with Crippen LogP contribution in [0.15, 0.2) is 36.4 Å². The van der Waals surface area contributed by atoms with Gasteiger partial charge in [-0.25, -0.2) is 0 Å². The number of methoxy groups -OCH3 is 1. The van der Waals surface area contributed by atoms with E-state index in [0.29, 0.717) is 23.7 Å². The van der Waals surface area contributed by atoms with Gasteiger partial charge in [0.15, 0.2) is 0 Å². The van der Waals surface area contributed by atoms with Crippen LogP contribution in [0.4, 0.5) is 11.4 Å². The number of benzene rings is 2. The zero-order chi connectivity index (χ0) is 16.8. The highest BCUT2D eigenvalue weighted by molar-refractivity contribution is 6.30. The minimum atomic E-state index is -0.0384. The van der Waals surface area contributed by atoms with E-state index in [9.17, 15) is 4.79 Å². The van der Waals surface area contributed by atoms with Crippen LogP contribution in [0.5, 0.6) is 5.75 Å². The fourth-order valence-corrected chi connectivity index (χ4v) is 2.57. The maximum atomic E-state index is 12.0. The summed E-state index contributed by atoms with van der Waals surface area (Å²) in [7, 11) is 1.60. The van der Waals surface area contributed by atoms with Crippen LogP contribution in [0.25, 0.3) is 0 Å². The SMILES string of the molecule is COc1ccc(Cl)cc1NCCC(=O)Nc1cc(C)cc(C)c1. The minimum Gasteiger partial charge on any atom is -0.495 e. The number of carbonyl (C=O) groups is 1. The zero-order valence-electron chi connectivity index (χ0n) is 13.6.